The number of aliphatic hydroxyl groups is 1. The largest absolute Gasteiger partial charge is 0.497 e. The Morgan fingerprint density at radius 3 is 3.04 bits per heavy atom. The zero-order valence-electron chi connectivity index (χ0n) is 13.9. The van der Waals surface area contributed by atoms with E-state index in [9.17, 15) is 5.11 Å². The first-order valence-electron chi connectivity index (χ1n) is 8.38. The Hall–Kier alpha value is -0.810. The molecule has 1 N–H and O–H groups in total. The van der Waals surface area contributed by atoms with Crippen molar-refractivity contribution < 1.29 is 14.6 Å². The maximum absolute atomic E-state index is 10.8. The molecular weight excluding hydrogens is 314 g/mol. The number of rotatable bonds is 4. The van der Waals surface area contributed by atoms with E-state index < -0.39 is 5.60 Å². The van der Waals surface area contributed by atoms with Crippen LogP contribution in [-0.2, 0) is 11.3 Å². The van der Waals surface area contributed by atoms with E-state index in [0.29, 0.717) is 25.7 Å². The molecule has 2 heterocycles. The van der Waals surface area contributed by atoms with Gasteiger partial charge in [0.15, 0.2) is 0 Å². The van der Waals surface area contributed by atoms with E-state index in [1.54, 1.807) is 7.11 Å². The highest BCUT2D eigenvalue weighted by Gasteiger charge is 2.44. The van der Waals surface area contributed by atoms with Crippen LogP contribution in [0, 0.1) is 5.92 Å². The maximum atomic E-state index is 10.8. The summed E-state index contributed by atoms with van der Waals surface area (Å²) in [6.45, 7) is 5.06. The van der Waals surface area contributed by atoms with Gasteiger partial charge in [-0.05, 0) is 56.5 Å². The molecule has 3 atom stereocenters. The molecule has 0 radical (unpaired) electrons. The predicted molar refractivity (Wildman–Crippen MR) is 91.0 cm³/mol. The van der Waals surface area contributed by atoms with Crippen LogP contribution in [0.4, 0.5) is 0 Å². The molecule has 1 aromatic carbocycles. The zero-order valence-corrected chi connectivity index (χ0v) is 14.7. The van der Waals surface area contributed by atoms with Gasteiger partial charge >= 0.3 is 0 Å². The lowest BCUT2D eigenvalue weighted by molar-refractivity contribution is -0.123. The van der Waals surface area contributed by atoms with Gasteiger partial charge in [0.05, 0.1) is 19.3 Å². The second-order valence-electron chi connectivity index (χ2n) is 6.93. The van der Waals surface area contributed by atoms with Crippen molar-refractivity contribution in [3.63, 3.8) is 0 Å². The fraction of sp³-hybridized carbons (Fsp3) is 0.667. The van der Waals surface area contributed by atoms with Gasteiger partial charge in [0.2, 0.25) is 0 Å². The maximum Gasteiger partial charge on any atom is 0.119 e. The van der Waals surface area contributed by atoms with Crippen molar-refractivity contribution in [2.75, 3.05) is 26.9 Å². The molecule has 23 heavy (non-hydrogen) atoms. The Morgan fingerprint density at radius 2 is 2.30 bits per heavy atom. The van der Waals surface area contributed by atoms with Gasteiger partial charge in [-0.2, -0.15) is 0 Å². The Balaban J connectivity index is 1.77. The number of nitrogens with zero attached hydrogens (tertiary/aromatic N) is 1. The van der Waals surface area contributed by atoms with E-state index in [4.69, 9.17) is 21.1 Å². The van der Waals surface area contributed by atoms with Crippen LogP contribution in [0.1, 0.15) is 31.7 Å². The quantitative estimate of drug-likeness (QED) is 0.915. The third-order valence-corrected chi connectivity index (χ3v) is 5.72. The molecule has 4 nitrogen and oxygen atoms in total. The SMILES string of the molecule is COc1ccc(Cl)c(CN2CCC[C@@H]2[C@@H]2COCC[C@@]2(C)O)c1. The van der Waals surface area contributed by atoms with Gasteiger partial charge in [0.25, 0.3) is 0 Å². The van der Waals surface area contributed by atoms with E-state index in [-0.39, 0.29) is 5.92 Å². The molecule has 2 aliphatic rings. The summed E-state index contributed by atoms with van der Waals surface area (Å²) in [4.78, 5) is 2.44. The minimum Gasteiger partial charge on any atom is -0.497 e. The van der Waals surface area contributed by atoms with E-state index in [0.717, 1.165) is 42.3 Å². The first-order valence-corrected chi connectivity index (χ1v) is 8.75. The topological polar surface area (TPSA) is 41.9 Å². The average Bonchev–Trinajstić information content (AvgIpc) is 2.97. The molecule has 1 aromatic rings. The molecule has 5 heteroatoms. The number of methoxy groups -OCH3 is 1. The van der Waals surface area contributed by atoms with Crippen molar-refractivity contribution in [3.05, 3.63) is 28.8 Å². The standard InChI is InChI=1S/C18H26ClNO3/c1-18(21)7-9-23-12-15(18)17-4-3-8-20(17)11-13-10-14(22-2)5-6-16(13)19/h5-6,10,15,17,21H,3-4,7-9,11-12H2,1-2H3/t15-,17+,18+/m0/s1. The van der Waals surface area contributed by atoms with E-state index >= 15 is 0 Å². The fourth-order valence-corrected chi connectivity index (χ4v) is 4.08. The van der Waals surface area contributed by atoms with Gasteiger partial charge in [-0.1, -0.05) is 11.6 Å². The Morgan fingerprint density at radius 1 is 1.48 bits per heavy atom. The molecule has 2 aliphatic heterocycles. The lowest BCUT2D eigenvalue weighted by Crippen LogP contribution is -2.52. The van der Waals surface area contributed by atoms with Crippen LogP contribution in [0.3, 0.4) is 0 Å². The lowest BCUT2D eigenvalue weighted by atomic mass is 9.79. The highest BCUT2D eigenvalue weighted by molar-refractivity contribution is 6.31. The van der Waals surface area contributed by atoms with Crippen LogP contribution in [0.5, 0.6) is 5.75 Å². The summed E-state index contributed by atoms with van der Waals surface area (Å²) >= 11 is 6.36. The molecular formula is C18H26ClNO3. The van der Waals surface area contributed by atoms with Crippen molar-refractivity contribution in [1.82, 2.24) is 4.90 Å². The average molecular weight is 340 g/mol. The van der Waals surface area contributed by atoms with Gasteiger partial charge in [0.1, 0.15) is 5.75 Å². The van der Waals surface area contributed by atoms with Crippen LogP contribution < -0.4 is 4.74 Å². The summed E-state index contributed by atoms with van der Waals surface area (Å²) in [7, 11) is 1.67. The number of likely N-dealkylation sites (tertiary alicyclic amines) is 1. The number of benzene rings is 1. The second-order valence-corrected chi connectivity index (χ2v) is 7.33. The van der Waals surface area contributed by atoms with Gasteiger partial charge in [-0.25, -0.2) is 0 Å². The summed E-state index contributed by atoms with van der Waals surface area (Å²) in [6, 6.07) is 6.12. The summed E-state index contributed by atoms with van der Waals surface area (Å²) in [5, 5.41) is 11.5. The van der Waals surface area contributed by atoms with Gasteiger partial charge < -0.3 is 14.6 Å². The first-order chi connectivity index (χ1) is 11.0. The number of halogens is 1. The molecule has 3 rings (SSSR count). The van der Waals surface area contributed by atoms with E-state index in [2.05, 4.69) is 4.90 Å². The molecule has 2 saturated heterocycles. The molecule has 0 unspecified atom stereocenters. The molecule has 0 saturated carbocycles. The lowest BCUT2D eigenvalue weighted by Gasteiger charge is -2.43. The molecule has 2 fully saturated rings. The monoisotopic (exact) mass is 339 g/mol. The van der Waals surface area contributed by atoms with Crippen LogP contribution in [0.2, 0.25) is 5.02 Å². The minimum atomic E-state index is -0.649. The first kappa shape index (κ1) is 17.0. The van der Waals surface area contributed by atoms with Crippen LogP contribution in [0.25, 0.3) is 0 Å². The highest BCUT2D eigenvalue weighted by atomic mass is 35.5. The zero-order chi connectivity index (χ0) is 16.4. The number of ether oxygens (including phenoxy) is 2. The molecule has 0 aliphatic carbocycles. The summed E-state index contributed by atoms with van der Waals surface area (Å²) in [6.07, 6.45) is 2.96. The third kappa shape index (κ3) is 3.66. The molecule has 0 bridgehead atoms. The van der Waals surface area contributed by atoms with Gasteiger partial charge in [0, 0.05) is 30.1 Å². The summed E-state index contributed by atoms with van der Waals surface area (Å²) in [5.41, 5.74) is 0.429. The molecule has 0 spiro atoms. The molecule has 0 aromatic heterocycles. The van der Waals surface area contributed by atoms with Crippen LogP contribution in [-0.4, -0.2) is 48.5 Å². The van der Waals surface area contributed by atoms with Crippen molar-refractivity contribution >= 4 is 11.6 Å². The summed E-state index contributed by atoms with van der Waals surface area (Å²) in [5.74, 6) is 0.983. The number of hydrogen-bond acceptors (Lipinski definition) is 4. The van der Waals surface area contributed by atoms with Crippen molar-refractivity contribution in [1.29, 1.82) is 0 Å². The molecule has 128 valence electrons. The van der Waals surface area contributed by atoms with E-state index in [1.165, 1.54) is 0 Å². The second kappa shape index (κ2) is 6.98. The van der Waals surface area contributed by atoms with Crippen molar-refractivity contribution in [3.8, 4) is 5.75 Å². The van der Waals surface area contributed by atoms with Gasteiger partial charge in [-0.3, -0.25) is 4.90 Å². The Labute approximate surface area is 143 Å². The van der Waals surface area contributed by atoms with Gasteiger partial charge in [-0.15, -0.1) is 0 Å². The third-order valence-electron chi connectivity index (χ3n) is 5.35. The Kier molecular flexibility index (Phi) is 5.16. The van der Waals surface area contributed by atoms with E-state index in [1.807, 2.05) is 25.1 Å². The van der Waals surface area contributed by atoms with Crippen LogP contribution >= 0.6 is 11.6 Å². The van der Waals surface area contributed by atoms with Crippen molar-refractivity contribution in [2.45, 2.75) is 44.4 Å². The Bertz CT molecular complexity index is 549. The summed E-state index contributed by atoms with van der Waals surface area (Å²) < 4.78 is 11.0. The molecule has 0 amide bonds. The highest BCUT2D eigenvalue weighted by Crippen LogP contribution is 2.37. The van der Waals surface area contributed by atoms with Crippen LogP contribution in [0.15, 0.2) is 18.2 Å². The smallest absolute Gasteiger partial charge is 0.119 e. The minimum absolute atomic E-state index is 0.156. The fourth-order valence-electron chi connectivity index (χ4n) is 3.90. The number of hydrogen-bond donors (Lipinski definition) is 1. The van der Waals surface area contributed by atoms with Crippen molar-refractivity contribution in [2.24, 2.45) is 5.92 Å². The normalized spacial score (nSPS) is 32.2. The predicted octanol–water partition coefficient (Wildman–Crippen LogP) is 3.10.